The molecule has 0 saturated heterocycles. The standard InChI is InChI=1S/C27H26F3N5O3/c1-26(2,3)25(37)32-13-16-8-10-20(27(28,29)30)18(12-16)24(36)34-21-6-5-7-22-19(21)15-33-35(22)17-9-11-23(38-4)31-14-17/h5-12,14-15H,13H2,1-4H3,(H,32,37)(H,34,36). The lowest BCUT2D eigenvalue weighted by atomic mass is 9.95. The van der Waals surface area contributed by atoms with Gasteiger partial charge in [-0.2, -0.15) is 18.3 Å². The van der Waals surface area contributed by atoms with E-state index in [0.29, 0.717) is 33.7 Å². The number of benzene rings is 2. The zero-order valence-corrected chi connectivity index (χ0v) is 21.2. The van der Waals surface area contributed by atoms with Crippen LogP contribution in [0.3, 0.4) is 0 Å². The SMILES string of the molecule is COc1ccc(-n2ncc3c(NC(=O)c4cc(CNC(=O)C(C)(C)C)ccc4C(F)(F)F)cccc32)cn1. The Morgan fingerprint density at radius 3 is 2.42 bits per heavy atom. The summed E-state index contributed by atoms with van der Waals surface area (Å²) < 4.78 is 48.0. The van der Waals surface area contributed by atoms with Gasteiger partial charge in [0.15, 0.2) is 0 Å². The molecule has 4 aromatic rings. The maximum Gasteiger partial charge on any atom is 0.417 e. The highest BCUT2D eigenvalue weighted by molar-refractivity contribution is 6.09. The molecular weight excluding hydrogens is 499 g/mol. The third-order valence-corrected chi connectivity index (χ3v) is 5.80. The van der Waals surface area contributed by atoms with Gasteiger partial charge in [-0.1, -0.05) is 32.9 Å². The van der Waals surface area contributed by atoms with Gasteiger partial charge < -0.3 is 15.4 Å². The number of halogens is 3. The highest BCUT2D eigenvalue weighted by Crippen LogP contribution is 2.34. The van der Waals surface area contributed by atoms with Crippen LogP contribution in [0.5, 0.6) is 5.88 Å². The molecule has 0 radical (unpaired) electrons. The first-order valence-electron chi connectivity index (χ1n) is 11.7. The van der Waals surface area contributed by atoms with Crippen LogP contribution in [0, 0.1) is 5.41 Å². The van der Waals surface area contributed by atoms with Crippen molar-refractivity contribution >= 4 is 28.4 Å². The van der Waals surface area contributed by atoms with Crippen molar-refractivity contribution in [3.8, 4) is 11.6 Å². The second-order valence-electron chi connectivity index (χ2n) is 9.62. The highest BCUT2D eigenvalue weighted by atomic mass is 19.4. The summed E-state index contributed by atoms with van der Waals surface area (Å²) in [4.78, 5) is 29.5. The van der Waals surface area contributed by atoms with Crippen molar-refractivity contribution in [1.82, 2.24) is 20.1 Å². The predicted molar refractivity (Wildman–Crippen MR) is 136 cm³/mol. The van der Waals surface area contributed by atoms with Crippen LogP contribution in [-0.4, -0.2) is 33.7 Å². The average Bonchev–Trinajstić information content (AvgIpc) is 3.31. The molecule has 0 saturated carbocycles. The minimum Gasteiger partial charge on any atom is -0.481 e. The highest BCUT2D eigenvalue weighted by Gasteiger charge is 2.35. The van der Waals surface area contributed by atoms with Gasteiger partial charge >= 0.3 is 6.18 Å². The molecule has 2 heterocycles. The molecule has 2 amide bonds. The van der Waals surface area contributed by atoms with E-state index in [1.165, 1.54) is 19.4 Å². The minimum atomic E-state index is -4.75. The summed E-state index contributed by atoms with van der Waals surface area (Å²) in [6.45, 7) is 5.15. The van der Waals surface area contributed by atoms with Crippen molar-refractivity contribution in [2.24, 2.45) is 5.41 Å². The van der Waals surface area contributed by atoms with E-state index >= 15 is 0 Å². The largest absolute Gasteiger partial charge is 0.481 e. The maximum absolute atomic E-state index is 13.8. The topological polar surface area (TPSA) is 98.1 Å². The molecule has 0 spiro atoms. The molecule has 38 heavy (non-hydrogen) atoms. The van der Waals surface area contributed by atoms with Gasteiger partial charge in [0.2, 0.25) is 11.8 Å². The van der Waals surface area contributed by atoms with Crippen LogP contribution in [-0.2, 0) is 17.5 Å². The number of aromatic nitrogens is 3. The Kier molecular flexibility index (Phi) is 7.12. The molecule has 0 bridgehead atoms. The number of pyridine rings is 1. The molecule has 2 aromatic carbocycles. The first kappa shape index (κ1) is 26.6. The van der Waals surface area contributed by atoms with Gasteiger partial charge in [0.25, 0.3) is 5.91 Å². The van der Waals surface area contributed by atoms with Crippen LogP contribution in [0.2, 0.25) is 0 Å². The van der Waals surface area contributed by atoms with Crippen LogP contribution in [0.4, 0.5) is 18.9 Å². The molecule has 0 aliphatic carbocycles. The zero-order chi connectivity index (χ0) is 27.7. The summed E-state index contributed by atoms with van der Waals surface area (Å²) in [5.74, 6) is -0.773. The van der Waals surface area contributed by atoms with E-state index in [1.807, 2.05) is 0 Å². The molecule has 0 aliphatic heterocycles. The normalized spacial score (nSPS) is 11.9. The maximum atomic E-state index is 13.8. The van der Waals surface area contributed by atoms with Gasteiger partial charge in [0.05, 0.1) is 47.5 Å². The smallest absolute Gasteiger partial charge is 0.417 e. The van der Waals surface area contributed by atoms with E-state index in [2.05, 4.69) is 20.7 Å². The molecule has 0 fully saturated rings. The van der Waals surface area contributed by atoms with Crippen LogP contribution in [0.1, 0.15) is 42.3 Å². The van der Waals surface area contributed by atoms with E-state index < -0.39 is 28.6 Å². The lowest BCUT2D eigenvalue weighted by Crippen LogP contribution is -2.34. The van der Waals surface area contributed by atoms with Crippen molar-refractivity contribution in [3.63, 3.8) is 0 Å². The second kappa shape index (κ2) is 10.2. The number of nitrogens with zero attached hydrogens (tertiary/aromatic N) is 3. The van der Waals surface area contributed by atoms with Gasteiger partial charge in [0.1, 0.15) is 0 Å². The summed E-state index contributed by atoms with van der Waals surface area (Å²) in [7, 11) is 1.50. The van der Waals surface area contributed by atoms with E-state index in [0.717, 1.165) is 12.1 Å². The molecule has 0 unspecified atom stereocenters. The number of fused-ring (bicyclic) bond motifs is 1. The third-order valence-electron chi connectivity index (χ3n) is 5.80. The number of carbonyl (C=O) groups excluding carboxylic acids is 2. The lowest BCUT2D eigenvalue weighted by molar-refractivity contribution is -0.138. The molecule has 11 heteroatoms. The van der Waals surface area contributed by atoms with E-state index in [1.54, 1.807) is 62.0 Å². The molecule has 4 rings (SSSR count). The summed E-state index contributed by atoms with van der Waals surface area (Å²) in [6, 6.07) is 11.7. The number of ether oxygens (including phenoxy) is 1. The Morgan fingerprint density at radius 1 is 1.03 bits per heavy atom. The van der Waals surface area contributed by atoms with Gasteiger partial charge in [-0.05, 0) is 35.9 Å². The number of alkyl halides is 3. The minimum absolute atomic E-state index is 0.0211. The Labute approximate surface area is 216 Å². The number of hydrogen-bond acceptors (Lipinski definition) is 5. The first-order valence-corrected chi connectivity index (χ1v) is 11.7. The lowest BCUT2D eigenvalue weighted by Gasteiger charge is -2.19. The Balaban J connectivity index is 1.65. The summed E-state index contributed by atoms with van der Waals surface area (Å²) in [5, 5.41) is 10.2. The molecule has 8 nitrogen and oxygen atoms in total. The number of amides is 2. The van der Waals surface area contributed by atoms with E-state index in [9.17, 15) is 22.8 Å². The van der Waals surface area contributed by atoms with Crippen molar-refractivity contribution in [3.05, 3.63) is 77.6 Å². The summed E-state index contributed by atoms with van der Waals surface area (Å²) in [5.41, 5.74) is -0.398. The molecule has 198 valence electrons. The Bertz CT molecular complexity index is 1490. The van der Waals surface area contributed by atoms with Crippen molar-refractivity contribution < 1.29 is 27.5 Å². The summed E-state index contributed by atoms with van der Waals surface area (Å²) >= 11 is 0. The Hall–Kier alpha value is -4.41. The molecular formula is C27H26F3N5O3. The summed E-state index contributed by atoms with van der Waals surface area (Å²) in [6.07, 6.45) is -1.67. The fraction of sp³-hybridized carbons (Fsp3) is 0.259. The van der Waals surface area contributed by atoms with Crippen molar-refractivity contribution in [1.29, 1.82) is 0 Å². The number of nitrogens with one attached hydrogen (secondary N) is 2. The van der Waals surface area contributed by atoms with E-state index in [-0.39, 0.29) is 12.5 Å². The van der Waals surface area contributed by atoms with Gasteiger partial charge in [-0.25, -0.2) is 9.67 Å². The third kappa shape index (κ3) is 5.61. The number of carbonyl (C=O) groups is 2. The quantitative estimate of drug-likeness (QED) is 0.353. The number of methoxy groups -OCH3 is 1. The van der Waals surface area contributed by atoms with Crippen LogP contribution in [0.15, 0.2) is 60.9 Å². The number of anilines is 1. The van der Waals surface area contributed by atoms with Crippen molar-refractivity contribution in [2.45, 2.75) is 33.5 Å². The molecule has 0 atom stereocenters. The predicted octanol–water partition coefficient (Wildman–Crippen LogP) is 5.36. The molecule has 2 aromatic heterocycles. The Morgan fingerprint density at radius 2 is 1.79 bits per heavy atom. The van der Waals surface area contributed by atoms with Gasteiger partial charge in [-0.3, -0.25) is 9.59 Å². The van der Waals surface area contributed by atoms with Gasteiger partial charge in [0, 0.05) is 23.4 Å². The second-order valence-corrected chi connectivity index (χ2v) is 9.62. The average molecular weight is 526 g/mol. The van der Waals surface area contributed by atoms with Crippen LogP contribution in [0.25, 0.3) is 16.6 Å². The van der Waals surface area contributed by atoms with E-state index in [4.69, 9.17) is 4.74 Å². The fourth-order valence-corrected chi connectivity index (χ4v) is 3.76. The van der Waals surface area contributed by atoms with Crippen LogP contribution < -0.4 is 15.4 Å². The van der Waals surface area contributed by atoms with Crippen molar-refractivity contribution in [2.75, 3.05) is 12.4 Å². The fourth-order valence-electron chi connectivity index (χ4n) is 3.76. The number of hydrogen-bond donors (Lipinski definition) is 2. The first-order chi connectivity index (χ1) is 17.9. The zero-order valence-electron chi connectivity index (χ0n) is 21.2. The monoisotopic (exact) mass is 525 g/mol. The van der Waals surface area contributed by atoms with Crippen LogP contribution >= 0.6 is 0 Å². The van der Waals surface area contributed by atoms with Gasteiger partial charge in [-0.15, -0.1) is 0 Å². The number of rotatable bonds is 6. The molecule has 2 N–H and O–H groups in total. The molecule has 0 aliphatic rings.